The van der Waals surface area contributed by atoms with Crippen LogP contribution in [0.5, 0.6) is 0 Å². The van der Waals surface area contributed by atoms with E-state index in [0.29, 0.717) is 6.04 Å². The second-order valence-electron chi connectivity index (χ2n) is 6.01. The lowest BCUT2D eigenvalue weighted by Gasteiger charge is -2.39. The van der Waals surface area contributed by atoms with E-state index in [4.69, 9.17) is 5.84 Å². The molecular weight excluding hydrogens is 250 g/mol. The zero-order chi connectivity index (χ0) is 13.9. The number of fused-ring (bicyclic) bond motifs is 1. The third-order valence-electron chi connectivity index (χ3n) is 4.82. The quantitative estimate of drug-likeness (QED) is 0.653. The van der Waals surface area contributed by atoms with Gasteiger partial charge in [-0.05, 0) is 38.0 Å². The molecule has 3 N–H and O–H groups in total. The molecule has 1 aliphatic heterocycles. The van der Waals surface area contributed by atoms with Gasteiger partial charge in [0.05, 0.1) is 0 Å². The Labute approximate surface area is 120 Å². The van der Waals surface area contributed by atoms with E-state index in [0.717, 1.165) is 36.9 Å². The van der Waals surface area contributed by atoms with Crippen molar-refractivity contribution in [1.82, 2.24) is 9.97 Å². The van der Waals surface area contributed by atoms with Crippen LogP contribution in [0, 0.1) is 5.92 Å². The Bertz CT molecular complexity index is 462. The van der Waals surface area contributed by atoms with E-state index in [1.54, 1.807) is 6.33 Å². The van der Waals surface area contributed by atoms with Crippen molar-refractivity contribution in [2.45, 2.75) is 57.9 Å². The first-order valence-corrected chi connectivity index (χ1v) is 7.92. The van der Waals surface area contributed by atoms with Gasteiger partial charge in [-0.2, -0.15) is 0 Å². The Morgan fingerprint density at radius 2 is 2.15 bits per heavy atom. The molecule has 1 aromatic heterocycles. The predicted molar refractivity (Wildman–Crippen MR) is 81.5 cm³/mol. The first-order chi connectivity index (χ1) is 9.85. The molecule has 1 saturated heterocycles. The Morgan fingerprint density at radius 1 is 1.30 bits per heavy atom. The highest BCUT2D eigenvalue weighted by molar-refractivity contribution is 5.59. The molecule has 1 aromatic rings. The minimum absolute atomic E-state index is 0.680. The normalized spacial score (nSPS) is 25.6. The first-order valence-electron chi connectivity index (χ1n) is 7.92. The molecule has 5 nitrogen and oxygen atoms in total. The standard InChI is InChI=1S/C15H25N5/c1-2-5-12-14(19-16)17-10-18-15(12)20-9-4-7-11-6-3-8-13(11)20/h10-11,13H,2-9,16H2,1H3,(H,17,18,19). The molecule has 0 radical (unpaired) electrons. The van der Waals surface area contributed by atoms with Crippen molar-refractivity contribution < 1.29 is 0 Å². The van der Waals surface area contributed by atoms with E-state index in [-0.39, 0.29) is 0 Å². The lowest BCUT2D eigenvalue weighted by atomic mass is 9.91. The molecular formula is C15H25N5. The molecule has 1 saturated carbocycles. The summed E-state index contributed by atoms with van der Waals surface area (Å²) in [5.41, 5.74) is 3.93. The maximum absolute atomic E-state index is 5.63. The number of nitrogens with one attached hydrogen (secondary N) is 1. The summed E-state index contributed by atoms with van der Waals surface area (Å²) in [5.74, 6) is 8.40. The molecule has 0 bridgehead atoms. The molecule has 110 valence electrons. The van der Waals surface area contributed by atoms with E-state index in [2.05, 4.69) is 27.2 Å². The van der Waals surface area contributed by atoms with Crippen molar-refractivity contribution >= 4 is 11.6 Å². The van der Waals surface area contributed by atoms with Gasteiger partial charge in [-0.15, -0.1) is 0 Å². The van der Waals surface area contributed by atoms with E-state index >= 15 is 0 Å². The van der Waals surface area contributed by atoms with Gasteiger partial charge in [-0.1, -0.05) is 19.8 Å². The molecule has 1 aliphatic carbocycles. The minimum Gasteiger partial charge on any atom is -0.353 e. The number of nitrogens with zero attached hydrogens (tertiary/aromatic N) is 3. The molecule has 5 heteroatoms. The van der Waals surface area contributed by atoms with Crippen LogP contribution in [0.25, 0.3) is 0 Å². The third-order valence-corrected chi connectivity index (χ3v) is 4.82. The van der Waals surface area contributed by atoms with Gasteiger partial charge in [0.15, 0.2) is 0 Å². The Hall–Kier alpha value is -1.36. The van der Waals surface area contributed by atoms with Crippen LogP contribution in [-0.4, -0.2) is 22.6 Å². The first kappa shape index (κ1) is 13.6. The zero-order valence-corrected chi connectivity index (χ0v) is 12.3. The number of nitrogens with two attached hydrogens (primary N) is 1. The van der Waals surface area contributed by atoms with E-state index in [1.807, 2.05) is 0 Å². The topological polar surface area (TPSA) is 67.1 Å². The highest BCUT2D eigenvalue weighted by atomic mass is 15.3. The molecule has 0 aromatic carbocycles. The number of hydrogen-bond donors (Lipinski definition) is 2. The summed E-state index contributed by atoms with van der Waals surface area (Å²) in [7, 11) is 0. The van der Waals surface area contributed by atoms with Gasteiger partial charge in [0, 0.05) is 18.2 Å². The van der Waals surface area contributed by atoms with Crippen molar-refractivity contribution in [2.75, 3.05) is 16.9 Å². The zero-order valence-electron chi connectivity index (χ0n) is 12.3. The molecule has 2 aliphatic rings. The number of hydrogen-bond acceptors (Lipinski definition) is 5. The molecule has 0 amide bonds. The summed E-state index contributed by atoms with van der Waals surface area (Å²) < 4.78 is 0. The second-order valence-corrected chi connectivity index (χ2v) is 6.01. The highest BCUT2D eigenvalue weighted by Gasteiger charge is 2.36. The predicted octanol–water partition coefficient (Wildman–Crippen LogP) is 2.48. The van der Waals surface area contributed by atoms with Gasteiger partial charge >= 0.3 is 0 Å². The Kier molecular flexibility index (Phi) is 4.05. The second kappa shape index (κ2) is 5.95. The van der Waals surface area contributed by atoms with E-state index in [1.165, 1.54) is 37.7 Å². The van der Waals surface area contributed by atoms with Crippen LogP contribution in [-0.2, 0) is 6.42 Å². The van der Waals surface area contributed by atoms with Crippen molar-refractivity contribution in [3.05, 3.63) is 11.9 Å². The Balaban J connectivity index is 1.95. The summed E-state index contributed by atoms with van der Waals surface area (Å²) in [6.45, 7) is 3.31. The maximum atomic E-state index is 5.63. The van der Waals surface area contributed by atoms with Gasteiger partial charge in [0.25, 0.3) is 0 Å². The van der Waals surface area contributed by atoms with Crippen molar-refractivity contribution in [3.63, 3.8) is 0 Å². The van der Waals surface area contributed by atoms with Gasteiger partial charge in [0.1, 0.15) is 18.0 Å². The third kappa shape index (κ3) is 2.35. The van der Waals surface area contributed by atoms with Gasteiger partial charge in [-0.3, -0.25) is 0 Å². The molecule has 2 atom stereocenters. The average molecular weight is 275 g/mol. The molecule has 2 fully saturated rings. The smallest absolute Gasteiger partial charge is 0.148 e. The maximum Gasteiger partial charge on any atom is 0.148 e. The molecule has 3 rings (SSSR count). The fraction of sp³-hybridized carbons (Fsp3) is 0.733. The molecule has 2 unspecified atom stereocenters. The average Bonchev–Trinajstić information content (AvgIpc) is 2.96. The van der Waals surface area contributed by atoms with Crippen LogP contribution in [0.4, 0.5) is 11.6 Å². The number of piperidine rings is 1. The lowest BCUT2D eigenvalue weighted by Crippen LogP contribution is -2.43. The molecule has 2 heterocycles. The molecule has 0 spiro atoms. The highest BCUT2D eigenvalue weighted by Crippen LogP contribution is 2.40. The fourth-order valence-corrected chi connectivity index (χ4v) is 3.97. The summed E-state index contributed by atoms with van der Waals surface area (Å²) in [6.07, 6.45) is 10.4. The van der Waals surface area contributed by atoms with Crippen molar-refractivity contribution in [3.8, 4) is 0 Å². The van der Waals surface area contributed by atoms with Crippen molar-refractivity contribution in [1.29, 1.82) is 0 Å². The SMILES string of the molecule is CCCc1c(NN)ncnc1N1CCCC2CCCC21. The molecule has 20 heavy (non-hydrogen) atoms. The van der Waals surface area contributed by atoms with Crippen LogP contribution >= 0.6 is 0 Å². The van der Waals surface area contributed by atoms with E-state index in [9.17, 15) is 0 Å². The number of anilines is 2. The largest absolute Gasteiger partial charge is 0.353 e. The summed E-state index contributed by atoms with van der Waals surface area (Å²) in [5, 5.41) is 0. The number of aromatic nitrogens is 2. The van der Waals surface area contributed by atoms with Gasteiger partial charge in [0.2, 0.25) is 0 Å². The van der Waals surface area contributed by atoms with Crippen LogP contribution in [0.1, 0.15) is 51.0 Å². The number of rotatable bonds is 4. The minimum atomic E-state index is 0.680. The van der Waals surface area contributed by atoms with Crippen LogP contribution in [0.3, 0.4) is 0 Å². The lowest BCUT2D eigenvalue weighted by molar-refractivity contribution is 0.360. The monoisotopic (exact) mass is 275 g/mol. The summed E-state index contributed by atoms with van der Waals surface area (Å²) >= 11 is 0. The number of nitrogen functional groups attached to an aromatic ring is 1. The Morgan fingerprint density at radius 3 is 2.95 bits per heavy atom. The van der Waals surface area contributed by atoms with Crippen LogP contribution in [0.2, 0.25) is 0 Å². The van der Waals surface area contributed by atoms with Gasteiger partial charge < -0.3 is 10.3 Å². The van der Waals surface area contributed by atoms with E-state index < -0.39 is 0 Å². The van der Waals surface area contributed by atoms with Crippen LogP contribution in [0.15, 0.2) is 6.33 Å². The van der Waals surface area contributed by atoms with Crippen molar-refractivity contribution in [2.24, 2.45) is 11.8 Å². The summed E-state index contributed by atoms with van der Waals surface area (Å²) in [4.78, 5) is 11.4. The number of hydrazine groups is 1. The fourth-order valence-electron chi connectivity index (χ4n) is 3.97. The summed E-state index contributed by atoms with van der Waals surface area (Å²) in [6, 6.07) is 0.680. The van der Waals surface area contributed by atoms with Crippen LogP contribution < -0.4 is 16.2 Å². The van der Waals surface area contributed by atoms with Gasteiger partial charge in [-0.25, -0.2) is 15.8 Å².